The van der Waals surface area contributed by atoms with E-state index in [0.29, 0.717) is 25.8 Å². The first-order valence-electron chi connectivity index (χ1n) is 22.1. The van der Waals surface area contributed by atoms with Crippen LogP contribution in [0.15, 0.2) is 48.6 Å². The van der Waals surface area contributed by atoms with Gasteiger partial charge in [0, 0.05) is 12.8 Å². The van der Waals surface area contributed by atoms with Crippen LogP contribution in [0.25, 0.3) is 0 Å². The number of carbonyl (C=O) groups excluding carboxylic acids is 3. The number of hydrogen-bond acceptors (Lipinski definition) is 7. The van der Waals surface area contributed by atoms with Crippen LogP contribution in [0, 0.1) is 0 Å². The van der Waals surface area contributed by atoms with Crippen molar-refractivity contribution in [2.75, 3.05) is 32.8 Å². The van der Waals surface area contributed by atoms with Gasteiger partial charge in [0.2, 0.25) is 0 Å². The Morgan fingerprint density at radius 2 is 0.907 bits per heavy atom. The molecule has 0 aromatic rings. The summed E-state index contributed by atoms with van der Waals surface area (Å²) < 4.78 is 10.9. The van der Waals surface area contributed by atoms with Gasteiger partial charge in [-0.15, -0.1) is 0 Å². The number of hydrogen-bond donors (Lipinski definition) is 2. The Balaban J connectivity index is 4.21. The lowest BCUT2D eigenvalue weighted by Crippen LogP contribution is -2.50. The second kappa shape index (κ2) is 41.6. The van der Waals surface area contributed by atoms with Gasteiger partial charge in [-0.05, 0) is 103 Å². The molecule has 0 fully saturated rings. The van der Waals surface area contributed by atoms with E-state index in [2.05, 4.69) is 62.5 Å². The fraction of sp³-hybridized carbons (Fsp3) is 0.761. The maximum Gasteiger partial charge on any atom is 0.377 e. The van der Waals surface area contributed by atoms with Crippen molar-refractivity contribution in [3.63, 3.8) is 0 Å². The largest absolute Gasteiger partial charge is 0.459 e. The number of nitrogens with zero attached hydrogens (tertiary/aromatic N) is 1. The molecule has 4 N–H and O–H groups in total. The fourth-order valence-electron chi connectivity index (χ4n) is 6.04. The predicted octanol–water partition coefficient (Wildman–Crippen LogP) is 10.8. The highest BCUT2D eigenvalue weighted by Crippen LogP contribution is 2.11. The van der Waals surface area contributed by atoms with Gasteiger partial charge in [0.05, 0.1) is 0 Å². The molecule has 0 rings (SSSR count). The van der Waals surface area contributed by atoms with Crippen molar-refractivity contribution in [1.82, 2.24) is 4.90 Å². The molecule has 54 heavy (non-hydrogen) atoms. The van der Waals surface area contributed by atoms with E-state index in [-0.39, 0.29) is 44.1 Å². The van der Waals surface area contributed by atoms with E-state index < -0.39 is 6.04 Å². The van der Waals surface area contributed by atoms with E-state index in [1.54, 1.807) is 4.90 Å². The Bertz CT molecular complexity index is 929. The number of unbranched alkanes of at least 4 members (excludes halogenated alkanes) is 17. The maximum absolute atomic E-state index is 13.1. The van der Waals surface area contributed by atoms with Crippen molar-refractivity contribution in [3.05, 3.63) is 48.6 Å². The van der Waals surface area contributed by atoms with Crippen LogP contribution in [-0.4, -0.2) is 56.7 Å². The van der Waals surface area contributed by atoms with Crippen molar-refractivity contribution in [2.24, 2.45) is 11.5 Å². The zero-order valence-electron chi connectivity index (χ0n) is 35.0. The van der Waals surface area contributed by atoms with Crippen LogP contribution >= 0.6 is 0 Å². The predicted molar refractivity (Wildman–Crippen MR) is 228 cm³/mol. The van der Waals surface area contributed by atoms with Gasteiger partial charge in [0.1, 0.15) is 19.3 Å². The fourth-order valence-corrected chi connectivity index (χ4v) is 6.04. The van der Waals surface area contributed by atoms with Crippen molar-refractivity contribution in [3.8, 4) is 0 Å². The molecule has 1 amide bonds. The van der Waals surface area contributed by atoms with Gasteiger partial charge < -0.3 is 20.9 Å². The number of allylic oxidation sites excluding steroid dienone is 8. The molecule has 0 aromatic heterocycles. The highest BCUT2D eigenvalue weighted by molar-refractivity contribution is 5.84. The minimum absolute atomic E-state index is 0.0975. The quantitative estimate of drug-likeness (QED) is 0.0276. The van der Waals surface area contributed by atoms with Crippen LogP contribution in [0.3, 0.4) is 0 Å². The summed E-state index contributed by atoms with van der Waals surface area (Å²) in [5.41, 5.74) is 11.8. The zero-order valence-corrected chi connectivity index (χ0v) is 35.0. The Hall–Kier alpha value is -2.55. The molecule has 1 atom stereocenters. The standard InChI is InChI=1S/C46H83N3O5/c1-3-5-7-9-11-13-15-17-19-21-23-25-27-29-31-36-44(50)53-41-39-49(46(52)43(48)35-33-34-38-47)40-42-54-45(51)37-32-30-28-26-24-22-20-18-16-14-12-10-8-6-4-2/h11-14,17-20,43H,3-10,15-16,21-42,47-48H2,1-2H3/q+1/b13-11-,14-12-,19-17-,20-18-/t43-/m0/s1. The van der Waals surface area contributed by atoms with Crippen LogP contribution in [0.5, 0.6) is 0 Å². The first kappa shape index (κ1) is 51.5. The summed E-state index contributed by atoms with van der Waals surface area (Å²) in [4.78, 5) is 39.4. The van der Waals surface area contributed by atoms with Gasteiger partial charge in [-0.25, -0.2) is 4.79 Å². The highest BCUT2D eigenvalue weighted by Gasteiger charge is 2.32. The summed E-state index contributed by atoms with van der Waals surface area (Å²) in [6.45, 7) is 5.66. The minimum atomic E-state index is -0.664. The molecule has 0 saturated heterocycles. The number of amides is 1. The summed E-state index contributed by atoms with van der Waals surface area (Å²) in [6, 6.07) is -0.664. The van der Waals surface area contributed by atoms with Crippen LogP contribution in [-0.2, 0) is 23.9 Å². The lowest BCUT2D eigenvalue weighted by Gasteiger charge is -2.15. The first-order valence-corrected chi connectivity index (χ1v) is 22.1. The third-order valence-electron chi connectivity index (χ3n) is 9.51. The Morgan fingerprint density at radius 3 is 1.31 bits per heavy atom. The van der Waals surface area contributed by atoms with Crippen molar-refractivity contribution in [2.45, 2.75) is 193 Å². The van der Waals surface area contributed by atoms with E-state index in [1.807, 2.05) is 0 Å². The number of ether oxygens (including phenoxy) is 2. The van der Waals surface area contributed by atoms with E-state index in [0.717, 1.165) is 89.9 Å². The molecule has 0 unspecified atom stereocenters. The summed E-state index contributed by atoms with van der Waals surface area (Å²) in [6.07, 6.45) is 45.9. The van der Waals surface area contributed by atoms with Gasteiger partial charge in [-0.1, -0.05) is 132 Å². The summed E-state index contributed by atoms with van der Waals surface area (Å²) in [7, 11) is 0. The van der Waals surface area contributed by atoms with Gasteiger partial charge >= 0.3 is 17.8 Å². The normalized spacial score (nSPS) is 12.6. The zero-order chi connectivity index (χ0) is 39.6. The first-order chi connectivity index (χ1) is 26.5. The average molecular weight is 758 g/mol. The second-order valence-electron chi connectivity index (χ2n) is 14.6. The molecule has 0 saturated carbocycles. The minimum Gasteiger partial charge on any atom is -0.459 e. The van der Waals surface area contributed by atoms with Crippen molar-refractivity contribution in [1.29, 1.82) is 0 Å². The molecular weight excluding hydrogens is 675 g/mol. The molecule has 0 spiro atoms. The third kappa shape index (κ3) is 36.4. The van der Waals surface area contributed by atoms with Gasteiger partial charge in [0.15, 0.2) is 13.1 Å². The third-order valence-corrected chi connectivity index (χ3v) is 9.51. The molecule has 0 aliphatic carbocycles. The van der Waals surface area contributed by atoms with E-state index in [1.165, 1.54) is 64.2 Å². The lowest BCUT2D eigenvalue weighted by atomic mass is 10.1. The van der Waals surface area contributed by atoms with Crippen molar-refractivity contribution >= 4 is 17.8 Å². The summed E-state index contributed by atoms with van der Waals surface area (Å²) in [5.74, 6) is -0.713. The van der Waals surface area contributed by atoms with E-state index in [4.69, 9.17) is 20.9 Å². The molecule has 0 aliphatic heterocycles. The Kier molecular flexibility index (Phi) is 39.6. The molecule has 0 bridgehead atoms. The van der Waals surface area contributed by atoms with Crippen molar-refractivity contribution < 1.29 is 23.9 Å². The maximum atomic E-state index is 13.1. The smallest absolute Gasteiger partial charge is 0.377 e. The highest BCUT2D eigenvalue weighted by atomic mass is 16.5. The molecule has 8 heteroatoms. The van der Waals surface area contributed by atoms with Crippen LogP contribution in [0.4, 0.5) is 0 Å². The van der Waals surface area contributed by atoms with E-state index >= 15 is 0 Å². The number of nitrogens with two attached hydrogens (primary N) is 2. The molecule has 0 heterocycles. The van der Waals surface area contributed by atoms with Crippen LogP contribution < -0.4 is 16.4 Å². The molecule has 311 valence electrons. The van der Waals surface area contributed by atoms with Gasteiger partial charge in [-0.3, -0.25) is 9.59 Å². The lowest BCUT2D eigenvalue weighted by molar-refractivity contribution is -0.145. The SMILES string of the molecule is CCCCC/C=C\C/C=C\CCCCCCCC(=O)OCC[N+](CCOC(=O)CCCCCCC/C=C\C/C=C\CCCCC)C(=O)[C@@H](N)CCCCN. The topological polar surface area (TPSA) is 128 Å². The van der Waals surface area contributed by atoms with Crippen LogP contribution in [0.1, 0.15) is 187 Å². The molecule has 1 radical (unpaired) electrons. The monoisotopic (exact) mass is 758 g/mol. The second-order valence-corrected chi connectivity index (χ2v) is 14.6. The summed E-state index contributed by atoms with van der Waals surface area (Å²) >= 11 is 0. The summed E-state index contributed by atoms with van der Waals surface area (Å²) in [5, 5.41) is 0. The molecular formula is C46H83N3O5+. The number of carbonyl (C=O) groups is 3. The Labute approximate surface area is 332 Å². The average Bonchev–Trinajstić information content (AvgIpc) is 3.17. The van der Waals surface area contributed by atoms with Crippen LogP contribution in [0.2, 0.25) is 0 Å². The molecule has 8 nitrogen and oxygen atoms in total. The van der Waals surface area contributed by atoms with Gasteiger partial charge in [-0.2, -0.15) is 0 Å². The molecule has 0 aromatic carbocycles. The van der Waals surface area contributed by atoms with E-state index in [9.17, 15) is 14.4 Å². The molecule has 0 aliphatic rings. The Morgan fingerprint density at radius 1 is 0.519 bits per heavy atom. The van der Waals surface area contributed by atoms with Gasteiger partial charge in [0.25, 0.3) is 0 Å². The number of esters is 2. The number of rotatable bonds is 39.